The van der Waals surface area contributed by atoms with E-state index in [0.717, 1.165) is 32.0 Å². The van der Waals surface area contributed by atoms with E-state index in [9.17, 15) is 4.79 Å². The molecule has 1 heterocycles. The fourth-order valence-corrected chi connectivity index (χ4v) is 2.18. The van der Waals surface area contributed by atoms with Gasteiger partial charge in [-0.05, 0) is 31.6 Å². The van der Waals surface area contributed by atoms with E-state index in [0.29, 0.717) is 17.6 Å². The normalized spacial score (nSPS) is 27.2. The number of ether oxygens (including phenoxy) is 1. The fraction of sp³-hybridized carbons (Fsp3) is 0.909. The molecule has 1 saturated carbocycles. The maximum absolute atomic E-state index is 11.9. The first-order valence-electron chi connectivity index (χ1n) is 5.40. The van der Waals surface area contributed by atoms with Crippen molar-refractivity contribution >= 4 is 5.78 Å². The molecular formula is C11H18O2. The van der Waals surface area contributed by atoms with Crippen molar-refractivity contribution in [3.05, 3.63) is 0 Å². The van der Waals surface area contributed by atoms with E-state index in [-0.39, 0.29) is 0 Å². The van der Waals surface area contributed by atoms with Gasteiger partial charge < -0.3 is 4.74 Å². The second-order valence-electron chi connectivity index (χ2n) is 4.42. The molecule has 1 unspecified atom stereocenters. The van der Waals surface area contributed by atoms with E-state index < -0.39 is 0 Å². The van der Waals surface area contributed by atoms with Crippen LogP contribution >= 0.6 is 0 Å². The predicted molar refractivity (Wildman–Crippen MR) is 50.4 cm³/mol. The molecule has 74 valence electrons. The van der Waals surface area contributed by atoms with Gasteiger partial charge in [-0.2, -0.15) is 0 Å². The second-order valence-corrected chi connectivity index (χ2v) is 4.42. The number of hydrogen-bond acceptors (Lipinski definition) is 2. The van der Waals surface area contributed by atoms with Crippen LogP contribution in [-0.2, 0) is 9.53 Å². The van der Waals surface area contributed by atoms with Crippen LogP contribution in [0.1, 0.15) is 32.6 Å². The lowest BCUT2D eigenvalue weighted by Crippen LogP contribution is -2.28. The average molecular weight is 182 g/mol. The monoisotopic (exact) mass is 182 g/mol. The van der Waals surface area contributed by atoms with E-state index >= 15 is 0 Å². The van der Waals surface area contributed by atoms with Gasteiger partial charge >= 0.3 is 0 Å². The Kier molecular flexibility index (Phi) is 2.68. The lowest BCUT2D eigenvalue weighted by atomic mass is 9.86. The molecule has 0 N–H and O–H groups in total. The molecule has 0 radical (unpaired) electrons. The minimum absolute atomic E-state index is 0.310. The second kappa shape index (κ2) is 3.79. The van der Waals surface area contributed by atoms with Crippen molar-refractivity contribution in [1.82, 2.24) is 0 Å². The van der Waals surface area contributed by atoms with Gasteiger partial charge in [0, 0.05) is 25.0 Å². The molecule has 13 heavy (non-hydrogen) atoms. The number of carbonyl (C=O) groups excluding carboxylic acids is 1. The Morgan fingerprint density at radius 3 is 2.38 bits per heavy atom. The summed E-state index contributed by atoms with van der Waals surface area (Å²) >= 11 is 0. The summed E-state index contributed by atoms with van der Waals surface area (Å²) in [5, 5.41) is 0. The highest BCUT2D eigenvalue weighted by Gasteiger charge is 2.35. The maximum atomic E-state index is 11.9. The van der Waals surface area contributed by atoms with Crippen molar-refractivity contribution in [3.63, 3.8) is 0 Å². The van der Waals surface area contributed by atoms with Crippen LogP contribution in [0.25, 0.3) is 0 Å². The van der Waals surface area contributed by atoms with Gasteiger partial charge in [0.15, 0.2) is 0 Å². The zero-order valence-corrected chi connectivity index (χ0v) is 8.29. The molecular weight excluding hydrogens is 164 g/mol. The van der Waals surface area contributed by atoms with Crippen LogP contribution in [0, 0.1) is 17.8 Å². The van der Waals surface area contributed by atoms with Crippen LogP contribution in [-0.4, -0.2) is 19.0 Å². The molecule has 2 rings (SSSR count). The zero-order chi connectivity index (χ0) is 9.26. The van der Waals surface area contributed by atoms with Gasteiger partial charge in [-0.3, -0.25) is 4.79 Å². The summed E-state index contributed by atoms with van der Waals surface area (Å²) in [7, 11) is 0. The molecule has 0 aromatic rings. The minimum Gasteiger partial charge on any atom is -0.381 e. The number of ketones is 1. The summed E-state index contributed by atoms with van der Waals surface area (Å²) in [5.41, 5.74) is 0. The molecule has 2 fully saturated rings. The Labute approximate surface area is 79.7 Å². The SMILES string of the molecule is CC(C(=O)C1CCOCC1)C1CC1. The van der Waals surface area contributed by atoms with Crippen LogP contribution in [0.2, 0.25) is 0 Å². The Morgan fingerprint density at radius 2 is 1.85 bits per heavy atom. The number of Topliss-reactive ketones (excluding diaryl/α,β-unsaturated/α-hetero) is 1. The van der Waals surface area contributed by atoms with E-state index in [1.165, 1.54) is 12.8 Å². The number of rotatable bonds is 3. The fourth-order valence-electron chi connectivity index (χ4n) is 2.18. The van der Waals surface area contributed by atoms with Crippen molar-refractivity contribution in [2.75, 3.05) is 13.2 Å². The van der Waals surface area contributed by atoms with Crippen LogP contribution in [0.3, 0.4) is 0 Å². The molecule has 2 aliphatic rings. The third kappa shape index (κ3) is 2.11. The first-order chi connectivity index (χ1) is 6.29. The summed E-state index contributed by atoms with van der Waals surface area (Å²) in [4.78, 5) is 11.9. The first kappa shape index (κ1) is 9.20. The van der Waals surface area contributed by atoms with Gasteiger partial charge in [0.25, 0.3) is 0 Å². The van der Waals surface area contributed by atoms with E-state index in [2.05, 4.69) is 6.92 Å². The number of carbonyl (C=O) groups is 1. The molecule has 1 aliphatic carbocycles. The third-order valence-corrected chi connectivity index (χ3v) is 3.40. The summed E-state index contributed by atoms with van der Waals surface area (Å²) in [6.07, 6.45) is 4.46. The molecule has 0 amide bonds. The van der Waals surface area contributed by atoms with Gasteiger partial charge in [0.1, 0.15) is 5.78 Å². The highest BCUT2D eigenvalue weighted by Crippen LogP contribution is 2.39. The van der Waals surface area contributed by atoms with Crippen molar-refractivity contribution < 1.29 is 9.53 Å². The van der Waals surface area contributed by atoms with Crippen LogP contribution < -0.4 is 0 Å². The standard InChI is InChI=1S/C11H18O2/c1-8(9-2-3-9)11(12)10-4-6-13-7-5-10/h8-10H,2-7H2,1H3. The minimum atomic E-state index is 0.310. The first-order valence-corrected chi connectivity index (χ1v) is 5.40. The van der Waals surface area contributed by atoms with Gasteiger partial charge in [0.05, 0.1) is 0 Å². The topological polar surface area (TPSA) is 26.3 Å². The summed E-state index contributed by atoms with van der Waals surface area (Å²) in [6, 6.07) is 0. The third-order valence-electron chi connectivity index (χ3n) is 3.40. The Hall–Kier alpha value is -0.370. The van der Waals surface area contributed by atoms with Crippen molar-refractivity contribution in [2.45, 2.75) is 32.6 Å². The van der Waals surface area contributed by atoms with Crippen molar-refractivity contribution in [1.29, 1.82) is 0 Å². The van der Waals surface area contributed by atoms with E-state index in [4.69, 9.17) is 4.74 Å². The molecule has 0 aromatic carbocycles. The lowest BCUT2D eigenvalue weighted by Gasteiger charge is -2.23. The molecule has 0 spiro atoms. The van der Waals surface area contributed by atoms with Crippen LogP contribution in [0.4, 0.5) is 0 Å². The molecule has 1 atom stereocenters. The summed E-state index contributed by atoms with van der Waals surface area (Å²) < 4.78 is 5.25. The molecule has 2 heteroatoms. The molecule has 2 nitrogen and oxygen atoms in total. The Morgan fingerprint density at radius 1 is 1.23 bits per heavy atom. The van der Waals surface area contributed by atoms with Gasteiger partial charge in [-0.1, -0.05) is 6.92 Å². The van der Waals surface area contributed by atoms with Crippen LogP contribution in [0.15, 0.2) is 0 Å². The van der Waals surface area contributed by atoms with E-state index in [1.807, 2.05) is 0 Å². The summed E-state index contributed by atoms with van der Waals surface area (Å²) in [5.74, 6) is 1.86. The van der Waals surface area contributed by atoms with Gasteiger partial charge in [-0.25, -0.2) is 0 Å². The summed E-state index contributed by atoms with van der Waals surface area (Å²) in [6.45, 7) is 3.68. The van der Waals surface area contributed by atoms with Gasteiger partial charge in [-0.15, -0.1) is 0 Å². The van der Waals surface area contributed by atoms with E-state index in [1.54, 1.807) is 0 Å². The largest absolute Gasteiger partial charge is 0.381 e. The molecule has 0 aromatic heterocycles. The zero-order valence-electron chi connectivity index (χ0n) is 8.29. The average Bonchev–Trinajstić information content (AvgIpc) is 3.00. The Balaban J connectivity index is 1.86. The molecule has 0 bridgehead atoms. The van der Waals surface area contributed by atoms with Crippen LogP contribution in [0.5, 0.6) is 0 Å². The smallest absolute Gasteiger partial charge is 0.139 e. The maximum Gasteiger partial charge on any atom is 0.139 e. The Bertz CT molecular complexity index is 190. The molecule has 1 aliphatic heterocycles. The quantitative estimate of drug-likeness (QED) is 0.667. The highest BCUT2D eigenvalue weighted by atomic mass is 16.5. The van der Waals surface area contributed by atoms with Crippen molar-refractivity contribution in [3.8, 4) is 0 Å². The van der Waals surface area contributed by atoms with Crippen molar-refractivity contribution in [2.24, 2.45) is 17.8 Å². The van der Waals surface area contributed by atoms with Gasteiger partial charge in [0.2, 0.25) is 0 Å². The number of hydrogen-bond donors (Lipinski definition) is 0. The highest BCUT2D eigenvalue weighted by molar-refractivity contribution is 5.83. The molecule has 1 saturated heterocycles. The predicted octanol–water partition coefficient (Wildman–Crippen LogP) is 2.03. The lowest BCUT2D eigenvalue weighted by molar-refractivity contribution is -0.129.